The molecule has 7 rings (SSSR count). The number of carbonyl (C=O) groups excluding carboxylic acids is 4. The first-order valence-electron chi connectivity index (χ1n) is 16.0. The highest BCUT2D eigenvalue weighted by Gasteiger charge is 2.70. The molecule has 3 aromatic rings. The van der Waals surface area contributed by atoms with Crippen molar-refractivity contribution in [3.05, 3.63) is 107 Å². The molecule has 4 amide bonds. The molecule has 2 saturated heterocycles. The number of para-hydroxylation sites is 1. The Kier molecular flexibility index (Phi) is 6.78. The number of amides is 4. The molecule has 8 heteroatoms. The zero-order chi connectivity index (χ0) is 32.7. The fraction of sp³-hybridized carbons (Fsp3) is 0.368. The van der Waals surface area contributed by atoms with E-state index >= 15 is 4.79 Å². The molecule has 0 spiro atoms. The topological polar surface area (TPSA) is 107 Å². The lowest BCUT2D eigenvalue weighted by atomic mass is 9.49. The van der Waals surface area contributed by atoms with Crippen LogP contribution in [0.15, 0.2) is 84.4 Å². The van der Waals surface area contributed by atoms with Gasteiger partial charge in [-0.15, -0.1) is 0 Å². The fourth-order valence-corrected chi connectivity index (χ4v) is 8.67. The molecule has 0 radical (unpaired) electrons. The zero-order valence-corrected chi connectivity index (χ0v) is 26.8. The minimum Gasteiger partial charge on any atom is -0.507 e. The lowest BCUT2D eigenvalue weighted by Crippen LogP contribution is -2.53. The minimum absolute atomic E-state index is 0.0561. The van der Waals surface area contributed by atoms with Crippen molar-refractivity contribution in [2.24, 2.45) is 23.7 Å². The normalized spacial score (nSPS) is 29.0. The number of phenols is 1. The van der Waals surface area contributed by atoms with Gasteiger partial charge in [-0.2, -0.15) is 5.01 Å². The van der Waals surface area contributed by atoms with Crippen molar-refractivity contribution in [3.8, 4) is 5.75 Å². The van der Waals surface area contributed by atoms with Crippen molar-refractivity contribution in [2.45, 2.75) is 64.3 Å². The molecule has 0 aromatic heterocycles. The molecular formula is C38H39N3O5. The lowest BCUT2D eigenvalue weighted by Gasteiger charge is -2.50. The van der Waals surface area contributed by atoms with Crippen LogP contribution in [0, 0.1) is 37.5 Å². The van der Waals surface area contributed by atoms with Gasteiger partial charge in [-0.3, -0.25) is 29.5 Å². The third-order valence-corrected chi connectivity index (χ3v) is 10.6. The number of carbonyl (C=O) groups is 4. The molecule has 3 fully saturated rings. The van der Waals surface area contributed by atoms with Gasteiger partial charge in [-0.25, -0.2) is 0 Å². The number of hydrazine groups is 1. The number of benzene rings is 3. The van der Waals surface area contributed by atoms with E-state index in [2.05, 4.69) is 5.43 Å². The van der Waals surface area contributed by atoms with Gasteiger partial charge in [-0.05, 0) is 76.6 Å². The summed E-state index contributed by atoms with van der Waals surface area (Å²) in [5.41, 5.74) is 5.32. The highest BCUT2D eigenvalue weighted by molar-refractivity contribution is 6.13. The summed E-state index contributed by atoms with van der Waals surface area (Å²) in [6.07, 6.45) is 2.59. The Balaban J connectivity index is 1.47. The summed E-state index contributed by atoms with van der Waals surface area (Å²) >= 11 is 0. The van der Waals surface area contributed by atoms with Crippen LogP contribution < -0.4 is 5.43 Å². The van der Waals surface area contributed by atoms with E-state index in [4.69, 9.17) is 0 Å². The molecule has 46 heavy (non-hydrogen) atoms. The van der Waals surface area contributed by atoms with Gasteiger partial charge in [0.05, 0.1) is 28.9 Å². The molecule has 2 N–H and O–H groups in total. The van der Waals surface area contributed by atoms with Crippen molar-refractivity contribution < 1.29 is 24.3 Å². The van der Waals surface area contributed by atoms with E-state index in [1.54, 1.807) is 0 Å². The molecule has 0 unspecified atom stereocenters. The van der Waals surface area contributed by atoms with Crippen LogP contribution in [0.1, 0.15) is 61.8 Å². The zero-order valence-electron chi connectivity index (χ0n) is 26.8. The van der Waals surface area contributed by atoms with Crippen LogP contribution in [-0.4, -0.2) is 44.2 Å². The summed E-state index contributed by atoms with van der Waals surface area (Å²) in [6, 6.07) is 22.3. The Morgan fingerprint density at radius 2 is 1.52 bits per heavy atom. The van der Waals surface area contributed by atoms with Gasteiger partial charge >= 0.3 is 0 Å². The summed E-state index contributed by atoms with van der Waals surface area (Å²) in [7, 11) is 0. The molecule has 4 aliphatic rings. The highest BCUT2D eigenvalue weighted by Crippen LogP contribution is 2.65. The van der Waals surface area contributed by atoms with Gasteiger partial charge in [0.1, 0.15) is 5.75 Å². The van der Waals surface area contributed by atoms with Gasteiger partial charge in [0, 0.05) is 17.0 Å². The van der Waals surface area contributed by atoms with E-state index < -0.39 is 52.4 Å². The third kappa shape index (κ3) is 4.11. The second-order valence-electron chi connectivity index (χ2n) is 14.3. The van der Waals surface area contributed by atoms with E-state index in [9.17, 15) is 19.5 Å². The van der Waals surface area contributed by atoms with Crippen LogP contribution in [0.25, 0.3) is 0 Å². The number of hydrogen-bond donors (Lipinski definition) is 2. The van der Waals surface area contributed by atoms with Gasteiger partial charge in [0.15, 0.2) is 0 Å². The summed E-state index contributed by atoms with van der Waals surface area (Å²) in [4.78, 5) is 59.1. The molecule has 3 aromatic carbocycles. The number of rotatable bonds is 4. The van der Waals surface area contributed by atoms with E-state index in [0.717, 1.165) is 16.1 Å². The largest absolute Gasteiger partial charge is 0.507 e. The van der Waals surface area contributed by atoms with Crippen LogP contribution >= 0.6 is 0 Å². The number of fused-ring (bicyclic) bond motifs is 4. The fourth-order valence-electron chi connectivity index (χ4n) is 8.67. The molecule has 8 nitrogen and oxygen atoms in total. The van der Waals surface area contributed by atoms with Crippen LogP contribution in [0.2, 0.25) is 0 Å². The number of phenolic OH excluding ortho intramolecular Hbond substituents is 1. The van der Waals surface area contributed by atoms with E-state index in [1.165, 1.54) is 4.90 Å². The van der Waals surface area contributed by atoms with E-state index in [1.807, 2.05) is 113 Å². The quantitative estimate of drug-likeness (QED) is 0.284. The van der Waals surface area contributed by atoms with Gasteiger partial charge < -0.3 is 5.11 Å². The Hall–Kier alpha value is -4.72. The monoisotopic (exact) mass is 617 g/mol. The van der Waals surface area contributed by atoms with Crippen LogP contribution in [0.4, 0.5) is 5.69 Å². The average molecular weight is 618 g/mol. The predicted molar refractivity (Wildman–Crippen MR) is 173 cm³/mol. The first-order chi connectivity index (χ1) is 21.9. The summed E-state index contributed by atoms with van der Waals surface area (Å²) < 4.78 is 0. The summed E-state index contributed by atoms with van der Waals surface area (Å²) in [6.45, 7) is 9.35. The van der Waals surface area contributed by atoms with Crippen molar-refractivity contribution in [1.29, 1.82) is 0 Å². The Morgan fingerprint density at radius 1 is 0.826 bits per heavy atom. The maximum Gasteiger partial charge on any atom is 0.260 e. The Bertz CT molecular complexity index is 1810. The Morgan fingerprint density at radius 3 is 2.20 bits per heavy atom. The number of aromatic hydroxyl groups is 1. The van der Waals surface area contributed by atoms with Crippen molar-refractivity contribution in [1.82, 2.24) is 9.91 Å². The number of aryl methyl sites for hydroxylation is 2. The van der Waals surface area contributed by atoms with Crippen molar-refractivity contribution in [2.75, 3.05) is 5.43 Å². The number of imide groups is 2. The van der Waals surface area contributed by atoms with Crippen LogP contribution in [-0.2, 0) is 24.6 Å². The first kappa shape index (κ1) is 30.0. The van der Waals surface area contributed by atoms with E-state index in [-0.39, 0.29) is 24.0 Å². The maximum atomic E-state index is 15.1. The SMILES string of the molecule is Cc1ccc(NN2C(=O)[C@@H]3C[C@@H]4C(=CC[C@@H]5C(=O)N(C(C)(C)C)C(=O)[C@@H]54)[C@H](c4cccc(C)c4O)[C@]3(c3ccccc3)C2=O)cc1. The lowest BCUT2D eigenvalue weighted by molar-refractivity contribution is -0.146. The second-order valence-corrected chi connectivity index (χ2v) is 14.3. The van der Waals surface area contributed by atoms with Crippen LogP contribution in [0.3, 0.4) is 0 Å². The molecular weight excluding hydrogens is 578 g/mol. The smallest absolute Gasteiger partial charge is 0.260 e. The third-order valence-electron chi connectivity index (χ3n) is 10.6. The molecule has 236 valence electrons. The molecule has 0 bridgehead atoms. The van der Waals surface area contributed by atoms with Crippen molar-refractivity contribution >= 4 is 29.3 Å². The standard InChI is InChI=1S/C38H39N3O5/c1-21-14-16-24(17-15-21)39-41-34(44)29-20-28-25(18-19-26-30(28)35(45)40(33(26)43)37(3,4)5)31(27-13-9-10-22(2)32(27)42)38(29,36(41)46)23-11-7-6-8-12-23/h6-18,26,28-31,39,42H,19-20H2,1-5H3/t26-,28+,29-,30-,31+,38+/m0/s1. The predicted octanol–water partition coefficient (Wildman–Crippen LogP) is 5.79. The molecule has 2 heterocycles. The number of hydrogen-bond acceptors (Lipinski definition) is 6. The average Bonchev–Trinajstić information content (AvgIpc) is 3.41. The minimum atomic E-state index is -1.41. The van der Waals surface area contributed by atoms with Gasteiger partial charge in [0.2, 0.25) is 11.8 Å². The molecule has 6 atom stereocenters. The van der Waals surface area contributed by atoms with Crippen molar-refractivity contribution in [3.63, 3.8) is 0 Å². The summed E-state index contributed by atoms with van der Waals surface area (Å²) in [5, 5.41) is 12.8. The van der Waals surface area contributed by atoms with Gasteiger partial charge in [-0.1, -0.05) is 77.9 Å². The first-order valence-corrected chi connectivity index (χ1v) is 16.0. The number of likely N-dealkylation sites (tertiary alicyclic amines) is 1. The van der Waals surface area contributed by atoms with Crippen LogP contribution in [0.5, 0.6) is 5.75 Å². The van der Waals surface area contributed by atoms with Gasteiger partial charge in [0.25, 0.3) is 11.8 Å². The number of nitrogens with zero attached hydrogens (tertiary/aromatic N) is 2. The second kappa shape index (κ2) is 10.4. The Labute approximate surface area is 269 Å². The molecule has 1 saturated carbocycles. The molecule has 2 aliphatic heterocycles. The maximum absolute atomic E-state index is 15.1. The molecule has 2 aliphatic carbocycles. The highest BCUT2D eigenvalue weighted by atomic mass is 16.3. The summed E-state index contributed by atoms with van der Waals surface area (Å²) in [5.74, 6) is -4.45. The van der Waals surface area contributed by atoms with E-state index in [0.29, 0.717) is 28.8 Å². The number of allylic oxidation sites excluding steroid dienone is 2. The number of nitrogens with one attached hydrogen (secondary N) is 1. The number of anilines is 1.